The Hall–Kier alpha value is -0.120. The Bertz CT molecular complexity index is 147. The van der Waals surface area contributed by atoms with E-state index in [4.69, 9.17) is 4.55 Å². The van der Waals surface area contributed by atoms with Crippen LogP contribution in [0.15, 0.2) is 12.8 Å². The van der Waals surface area contributed by atoms with E-state index >= 15 is 0 Å². The molecule has 0 amide bonds. The third-order valence-corrected chi connectivity index (χ3v) is 0.569. The van der Waals surface area contributed by atoms with Crippen molar-refractivity contribution in [2.75, 3.05) is 0 Å². The van der Waals surface area contributed by atoms with Crippen molar-refractivity contribution in [1.29, 1.82) is 0 Å². The third-order valence-electron chi connectivity index (χ3n) is 0.190. The molecule has 0 aromatic heterocycles. The summed E-state index contributed by atoms with van der Waals surface area (Å²) >= 11 is 0. The zero-order chi connectivity index (χ0) is 5.91. The van der Waals surface area contributed by atoms with E-state index in [-0.39, 0.29) is 9.90 Å². The molecule has 1 unspecified atom stereocenters. The van der Waals surface area contributed by atoms with Crippen molar-refractivity contribution in [3.8, 4) is 0 Å². The number of hydrogen-bond donors (Lipinski definition) is 1. The Morgan fingerprint density at radius 2 is 2.00 bits per heavy atom. The fraction of sp³-hybridized carbons (Fsp3) is 0. The molecule has 0 aliphatic heterocycles. The molecule has 0 bridgehead atoms. The first-order chi connectivity index (χ1) is 3.06. The summed E-state index contributed by atoms with van der Waals surface area (Å²) in [6, 6.07) is 0. The topological polar surface area (TPSA) is 63.6 Å². The van der Waals surface area contributed by atoms with Crippen LogP contribution in [0.5, 0.6) is 0 Å². The van der Waals surface area contributed by atoms with Gasteiger partial charge in [0.05, 0.1) is 0 Å². The molecule has 0 saturated carbocycles. The largest absolute Gasteiger partial charge is 0.445 e. The molecule has 0 radical (unpaired) electrons. The van der Waals surface area contributed by atoms with Gasteiger partial charge in [0.25, 0.3) is 0 Å². The average Bonchev–Trinajstić information content (AvgIpc) is 1.30. The highest BCUT2D eigenvalue weighted by Crippen LogP contribution is 1.82. The maximum atomic E-state index is 9.49. The monoisotopic (exact) mass is 158 g/mol. The van der Waals surface area contributed by atoms with Crippen LogP contribution in [0, 0.1) is 0 Å². The first kappa shape index (κ1) is 10.8. The summed E-state index contributed by atoms with van der Waals surface area (Å²) in [7, 11) is -4.29. The SMILES string of the molecule is C=COS(=O)(=O)O.P. The number of hydrogen-bond acceptors (Lipinski definition) is 3. The Morgan fingerprint density at radius 1 is 1.62 bits per heavy atom. The molecule has 0 rings (SSSR count). The van der Waals surface area contributed by atoms with Crippen LogP contribution in [0.2, 0.25) is 0 Å². The van der Waals surface area contributed by atoms with Gasteiger partial charge in [0.1, 0.15) is 6.26 Å². The van der Waals surface area contributed by atoms with Gasteiger partial charge in [-0.2, -0.15) is 18.3 Å². The van der Waals surface area contributed by atoms with E-state index in [1.165, 1.54) is 0 Å². The molecule has 4 nitrogen and oxygen atoms in total. The van der Waals surface area contributed by atoms with E-state index < -0.39 is 10.4 Å². The van der Waals surface area contributed by atoms with Gasteiger partial charge in [0.15, 0.2) is 0 Å². The summed E-state index contributed by atoms with van der Waals surface area (Å²) in [4.78, 5) is 0. The zero-order valence-electron chi connectivity index (χ0n) is 4.07. The minimum atomic E-state index is -4.29. The summed E-state index contributed by atoms with van der Waals surface area (Å²) in [6.45, 7) is 2.88. The molecule has 0 heterocycles. The van der Waals surface area contributed by atoms with Gasteiger partial charge in [-0.15, -0.1) is 0 Å². The van der Waals surface area contributed by atoms with Crippen LogP contribution >= 0.6 is 9.90 Å². The Morgan fingerprint density at radius 3 is 2.00 bits per heavy atom. The molecule has 50 valence electrons. The summed E-state index contributed by atoms with van der Waals surface area (Å²) in [5, 5.41) is 0. The highest BCUT2D eigenvalue weighted by Gasteiger charge is 1.96. The minimum Gasteiger partial charge on any atom is -0.370 e. The molecule has 0 aromatic carbocycles. The van der Waals surface area contributed by atoms with E-state index in [0.29, 0.717) is 6.26 Å². The molecule has 8 heavy (non-hydrogen) atoms. The molecule has 6 heteroatoms. The molecule has 0 aromatic rings. The predicted molar refractivity (Wildman–Crippen MR) is 33.9 cm³/mol. The second-order valence-corrected chi connectivity index (χ2v) is 1.74. The van der Waals surface area contributed by atoms with Crippen molar-refractivity contribution in [3.63, 3.8) is 0 Å². The van der Waals surface area contributed by atoms with Gasteiger partial charge < -0.3 is 4.18 Å². The van der Waals surface area contributed by atoms with Crippen LogP contribution in [-0.2, 0) is 14.6 Å². The highest BCUT2D eigenvalue weighted by atomic mass is 32.3. The molecule has 0 fully saturated rings. The summed E-state index contributed by atoms with van der Waals surface area (Å²) < 4.78 is 30.2. The second-order valence-electron chi connectivity index (χ2n) is 0.691. The third kappa shape index (κ3) is 9.30. The lowest BCUT2D eigenvalue weighted by Crippen LogP contribution is -1.96. The lowest BCUT2D eigenvalue weighted by atomic mass is 11.2. The first-order valence-corrected chi connectivity index (χ1v) is 2.69. The van der Waals surface area contributed by atoms with Crippen LogP contribution in [0.4, 0.5) is 0 Å². The van der Waals surface area contributed by atoms with Crippen LogP contribution in [-0.4, -0.2) is 13.0 Å². The van der Waals surface area contributed by atoms with Crippen LogP contribution < -0.4 is 0 Å². The molecular weight excluding hydrogens is 151 g/mol. The Labute approximate surface area is 51.1 Å². The average molecular weight is 158 g/mol. The summed E-state index contributed by atoms with van der Waals surface area (Å²) in [5.41, 5.74) is 0. The highest BCUT2D eigenvalue weighted by molar-refractivity contribution is 7.81. The molecule has 0 spiro atoms. The normalized spacial score (nSPS) is 9.12. The zero-order valence-corrected chi connectivity index (χ0v) is 6.30. The van der Waals surface area contributed by atoms with E-state index in [0.717, 1.165) is 0 Å². The first-order valence-electron chi connectivity index (χ1n) is 1.33. The van der Waals surface area contributed by atoms with Gasteiger partial charge in [-0.3, -0.25) is 4.55 Å². The molecule has 0 aliphatic rings. The van der Waals surface area contributed by atoms with Gasteiger partial charge in [0, 0.05) is 0 Å². The standard InChI is InChI=1S/C2H4O4S.H3P/c1-2-6-7(3,4)5;/h2H,1H2,(H,3,4,5);1H3. The second kappa shape index (κ2) is 3.83. The molecule has 0 aliphatic carbocycles. The summed E-state index contributed by atoms with van der Waals surface area (Å²) in [5.74, 6) is 0. The minimum absolute atomic E-state index is 0. The fourth-order valence-electron chi connectivity index (χ4n) is 0.0860. The molecular formula is C2H7O4PS. The number of rotatable bonds is 2. The lowest BCUT2D eigenvalue weighted by molar-refractivity contribution is 0.357. The van der Waals surface area contributed by atoms with Crippen molar-refractivity contribution in [3.05, 3.63) is 12.8 Å². The van der Waals surface area contributed by atoms with Crippen LogP contribution in [0.3, 0.4) is 0 Å². The maximum Gasteiger partial charge on any atom is 0.445 e. The smallest absolute Gasteiger partial charge is 0.370 e. The van der Waals surface area contributed by atoms with E-state index in [9.17, 15) is 8.42 Å². The quantitative estimate of drug-likeness (QED) is 0.349. The van der Waals surface area contributed by atoms with Crippen molar-refractivity contribution in [2.45, 2.75) is 0 Å². The van der Waals surface area contributed by atoms with E-state index in [1.54, 1.807) is 0 Å². The van der Waals surface area contributed by atoms with Crippen molar-refractivity contribution in [2.24, 2.45) is 0 Å². The van der Waals surface area contributed by atoms with Gasteiger partial charge in [-0.1, -0.05) is 6.58 Å². The Kier molecular flexibility index (Phi) is 5.17. The molecule has 1 atom stereocenters. The maximum absolute atomic E-state index is 9.49. The Balaban J connectivity index is 0. The molecule has 0 saturated heterocycles. The van der Waals surface area contributed by atoms with Gasteiger partial charge in [-0.05, 0) is 0 Å². The van der Waals surface area contributed by atoms with Gasteiger partial charge >= 0.3 is 10.4 Å². The van der Waals surface area contributed by atoms with Crippen molar-refractivity contribution >= 4 is 20.3 Å². The van der Waals surface area contributed by atoms with Gasteiger partial charge in [0.2, 0.25) is 0 Å². The van der Waals surface area contributed by atoms with E-state index in [1.807, 2.05) is 0 Å². The lowest BCUT2D eigenvalue weighted by Gasteiger charge is -1.86. The predicted octanol–water partition coefficient (Wildman–Crippen LogP) is 0.00740. The fourth-order valence-corrected chi connectivity index (χ4v) is 0.258. The van der Waals surface area contributed by atoms with Gasteiger partial charge in [-0.25, -0.2) is 0 Å². The van der Waals surface area contributed by atoms with Crippen LogP contribution in [0.25, 0.3) is 0 Å². The van der Waals surface area contributed by atoms with Crippen LogP contribution in [0.1, 0.15) is 0 Å². The van der Waals surface area contributed by atoms with Crippen molar-refractivity contribution in [1.82, 2.24) is 0 Å². The van der Waals surface area contributed by atoms with Crippen molar-refractivity contribution < 1.29 is 17.2 Å². The van der Waals surface area contributed by atoms with E-state index in [2.05, 4.69) is 10.8 Å². The molecule has 1 N–H and O–H groups in total. The summed E-state index contributed by atoms with van der Waals surface area (Å²) in [6.07, 6.45) is 0.620.